The molecule has 0 fully saturated rings. The van der Waals surface area contributed by atoms with Gasteiger partial charge in [-0.2, -0.15) is 0 Å². The van der Waals surface area contributed by atoms with Crippen LogP contribution in [0.15, 0.2) is 34.7 Å². The third-order valence-electron chi connectivity index (χ3n) is 3.13. The molecule has 0 saturated heterocycles. The number of ether oxygens (including phenoxy) is 2. The van der Waals surface area contributed by atoms with E-state index in [1.54, 1.807) is 44.6 Å². The summed E-state index contributed by atoms with van der Waals surface area (Å²) in [5, 5.41) is 2.77. The lowest BCUT2D eigenvalue weighted by Crippen LogP contribution is -2.24. The second kappa shape index (κ2) is 7.51. The number of furan rings is 1. The monoisotopic (exact) mass is 304 g/mol. The van der Waals surface area contributed by atoms with Gasteiger partial charge in [0.2, 0.25) is 0 Å². The largest absolute Gasteiger partial charge is 0.496 e. The third-order valence-corrected chi connectivity index (χ3v) is 3.13. The molecule has 1 aromatic carbocycles. The molecule has 0 bridgehead atoms. The molecule has 1 amide bonds. The van der Waals surface area contributed by atoms with Crippen LogP contribution in [0.4, 0.5) is 5.69 Å². The van der Waals surface area contributed by atoms with Gasteiger partial charge in [-0.25, -0.2) is 0 Å². The first kappa shape index (κ1) is 15.9. The summed E-state index contributed by atoms with van der Waals surface area (Å²) in [6, 6.07) is 8.61. The van der Waals surface area contributed by atoms with Crippen molar-refractivity contribution in [1.29, 1.82) is 0 Å². The van der Waals surface area contributed by atoms with Gasteiger partial charge in [-0.3, -0.25) is 4.79 Å². The summed E-state index contributed by atoms with van der Waals surface area (Å²) in [4.78, 5) is 12.0. The van der Waals surface area contributed by atoms with E-state index in [1.807, 2.05) is 0 Å². The molecule has 2 rings (SSSR count). The second-order valence-corrected chi connectivity index (χ2v) is 4.73. The quantitative estimate of drug-likeness (QED) is 0.605. The van der Waals surface area contributed by atoms with E-state index in [4.69, 9.17) is 19.6 Å². The van der Waals surface area contributed by atoms with E-state index < -0.39 is 0 Å². The molecule has 0 spiro atoms. The molecule has 0 aliphatic carbocycles. The fraction of sp³-hybridized carbons (Fsp3) is 0.312. The Morgan fingerprint density at radius 3 is 2.82 bits per heavy atom. The number of amides is 1. The number of carbonyl (C=O) groups is 1. The van der Waals surface area contributed by atoms with Crippen LogP contribution in [0.25, 0.3) is 11.3 Å². The minimum atomic E-state index is -0.259. The average Bonchev–Trinajstić information content (AvgIpc) is 3.01. The Balaban J connectivity index is 2.11. The van der Waals surface area contributed by atoms with Gasteiger partial charge >= 0.3 is 0 Å². The molecule has 0 aliphatic heterocycles. The molecule has 0 saturated carbocycles. The van der Waals surface area contributed by atoms with Crippen molar-refractivity contribution in [2.75, 3.05) is 33.1 Å². The first-order valence-corrected chi connectivity index (χ1v) is 6.96. The van der Waals surface area contributed by atoms with E-state index in [-0.39, 0.29) is 11.7 Å². The first-order valence-electron chi connectivity index (χ1n) is 6.96. The maximum absolute atomic E-state index is 12.0. The number of carbonyl (C=O) groups excluding carboxylic acids is 1. The predicted octanol–water partition coefficient (Wildman–Crippen LogP) is 2.30. The topological polar surface area (TPSA) is 86.7 Å². The predicted molar refractivity (Wildman–Crippen MR) is 83.9 cm³/mol. The zero-order valence-corrected chi connectivity index (χ0v) is 12.7. The molecule has 3 N–H and O–H groups in total. The van der Waals surface area contributed by atoms with Crippen LogP contribution in [-0.2, 0) is 4.74 Å². The van der Waals surface area contributed by atoms with Crippen molar-refractivity contribution in [3.8, 4) is 17.1 Å². The molecule has 118 valence electrons. The van der Waals surface area contributed by atoms with Gasteiger partial charge in [0.25, 0.3) is 5.91 Å². The fourth-order valence-corrected chi connectivity index (χ4v) is 2.03. The van der Waals surface area contributed by atoms with Crippen molar-refractivity contribution in [3.05, 3.63) is 36.1 Å². The van der Waals surface area contributed by atoms with Crippen LogP contribution in [0.2, 0.25) is 0 Å². The molecule has 0 radical (unpaired) electrons. The van der Waals surface area contributed by atoms with Crippen LogP contribution in [0.1, 0.15) is 17.0 Å². The first-order chi connectivity index (χ1) is 10.7. The molecule has 2 aromatic rings. The van der Waals surface area contributed by atoms with Gasteiger partial charge in [-0.05, 0) is 36.8 Å². The Bertz CT molecular complexity index is 637. The van der Waals surface area contributed by atoms with E-state index in [0.29, 0.717) is 35.9 Å². The molecule has 0 unspecified atom stereocenters. The van der Waals surface area contributed by atoms with Gasteiger partial charge in [0.15, 0.2) is 5.76 Å². The van der Waals surface area contributed by atoms with Gasteiger partial charge in [-0.15, -0.1) is 0 Å². The number of hydrogen-bond acceptors (Lipinski definition) is 5. The maximum Gasteiger partial charge on any atom is 0.287 e. The van der Waals surface area contributed by atoms with Crippen LogP contribution in [0.5, 0.6) is 5.75 Å². The third kappa shape index (κ3) is 3.79. The highest BCUT2D eigenvalue weighted by atomic mass is 16.5. The molecule has 1 heterocycles. The van der Waals surface area contributed by atoms with E-state index in [9.17, 15) is 4.79 Å². The van der Waals surface area contributed by atoms with Crippen molar-refractivity contribution < 1.29 is 18.7 Å². The zero-order chi connectivity index (χ0) is 15.9. The van der Waals surface area contributed by atoms with Crippen LogP contribution in [0, 0.1) is 0 Å². The van der Waals surface area contributed by atoms with E-state index >= 15 is 0 Å². The number of nitrogens with one attached hydrogen (secondary N) is 1. The molecule has 0 atom stereocenters. The Morgan fingerprint density at radius 2 is 2.09 bits per heavy atom. The molecule has 6 heteroatoms. The number of nitrogen functional groups attached to an aromatic ring is 1. The molecular weight excluding hydrogens is 284 g/mol. The smallest absolute Gasteiger partial charge is 0.287 e. The average molecular weight is 304 g/mol. The van der Waals surface area contributed by atoms with Crippen LogP contribution in [0.3, 0.4) is 0 Å². The lowest BCUT2D eigenvalue weighted by molar-refractivity contribution is 0.0922. The molecule has 22 heavy (non-hydrogen) atoms. The number of nitrogens with two attached hydrogens (primary N) is 1. The normalized spacial score (nSPS) is 10.5. The Morgan fingerprint density at radius 1 is 1.27 bits per heavy atom. The summed E-state index contributed by atoms with van der Waals surface area (Å²) in [5.41, 5.74) is 7.10. The minimum absolute atomic E-state index is 0.247. The molecule has 1 aromatic heterocycles. The zero-order valence-electron chi connectivity index (χ0n) is 12.7. The summed E-state index contributed by atoms with van der Waals surface area (Å²) >= 11 is 0. The summed E-state index contributed by atoms with van der Waals surface area (Å²) in [5.74, 6) is 1.16. The summed E-state index contributed by atoms with van der Waals surface area (Å²) in [6.45, 7) is 1.13. The number of rotatable bonds is 7. The number of anilines is 1. The van der Waals surface area contributed by atoms with E-state index in [1.165, 1.54) is 0 Å². The van der Waals surface area contributed by atoms with Crippen molar-refractivity contribution in [3.63, 3.8) is 0 Å². The van der Waals surface area contributed by atoms with Crippen molar-refractivity contribution in [1.82, 2.24) is 5.32 Å². The highest BCUT2D eigenvalue weighted by molar-refractivity contribution is 5.92. The van der Waals surface area contributed by atoms with Crippen molar-refractivity contribution in [2.24, 2.45) is 0 Å². The van der Waals surface area contributed by atoms with Crippen LogP contribution < -0.4 is 15.8 Å². The van der Waals surface area contributed by atoms with Gasteiger partial charge in [0.1, 0.15) is 11.5 Å². The van der Waals surface area contributed by atoms with Crippen LogP contribution >= 0.6 is 0 Å². The number of benzene rings is 1. The van der Waals surface area contributed by atoms with Crippen LogP contribution in [-0.4, -0.2) is 33.3 Å². The van der Waals surface area contributed by atoms with Crippen molar-refractivity contribution in [2.45, 2.75) is 6.42 Å². The Hall–Kier alpha value is -2.47. The maximum atomic E-state index is 12.0. The summed E-state index contributed by atoms with van der Waals surface area (Å²) < 4.78 is 15.8. The number of hydrogen-bond donors (Lipinski definition) is 2. The highest BCUT2D eigenvalue weighted by Crippen LogP contribution is 2.32. The highest BCUT2D eigenvalue weighted by Gasteiger charge is 2.14. The molecule has 6 nitrogen and oxygen atoms in total. The summed E-state index contributed by atoms with van der Waals surface area (Å²) in [7, 11) is 3.20. The summed E-state index contributed by atoms with van der Waals surface area (Å²) in [6.07, 6.45) is 0.749. The van der Waals surface area contributed by atoms with Crippen molar-refractivity contribution >= 4 is 11.6 Å². The van der Waals surface area contributed by atoms with Gasteiger partial charge in [0.05, 0.1) is 12.7 Å². The Labute approximate surface area is 129 Å². The van der Waals surface area contributed by atoms with Gasteiger partial charge in [0, 0.05) is 25.9 Å². The Kier molecular flexibility index (Phi) is 5.43. The standard InChI is InChI=1S/C16H20N2O4/c1-20-9-3-8-18-16(19)15-7-6-14(22-15)12-10-11(17)4-5-13(12)21-2/h4-7,10H,3,8-9,17H2,1-2H3,(H,18,19). The van der Waals surface area contributed by atoms with E-state index in [2.05, 4.69) is 5.32 Å². The molecule has 0 aliphatic rings. The number of methoxy groups -OCH3 is 2. The fourth-order valence-electron chi connectivity index (χ4n) is 2.03. The second-order valence-electron chi connectivity index (χ2n) is 4.73. The van der Waals surface area contributed by atoms with E-state index in [0.717, 1.165) is 6.42 Å². The SMILES string of the molecule is COCCCNC(=O)c1ccc(-c2cc(N)ccc2OC)o1. The minimum Gasteiger partial charge on any atom is -0.496 e. The van der Waals surface area contributed by atoms with Gasteiger partial charge in [-0.1, -0.05) is 0 Å². The lowest BCUT2D eigenvalue weighted by Gasteiger charge is -2.07. The van der Waals surface area contributed by atoms with Gasteiger partial charge < -0.3 is 24.9 Å². The molecular formula is C16H20N2O4. The lowest BCUT2D eigenvalue weighted by atomic mass is 10.1.